The van der Waals surface area contributed by atoms with Gasteiger partial charge in [0.05, 0.1) is 19.8 Å². The monoisotopic (exact) mass is 353 g/mol. The van der Waals surface area contributed by atoms with Crippen molar-refractivity contribution in [2.24, 2.45) is 4.99 Å². The van der Waals surface area contributed by atoms with E-state index in [-0.39, 0.29) is 18.0 Å². The minimum Gasteiger partial charge on any atom is -0.379 e. The molecule has 0 aromatic carbocycles. The van der Waals surface area contributed by atoms with Gasteiger partial charge in [0, 0.05) is 38.8 Å². The molecule has 1 saturated heterocycles. The average molecular weight is 354 g/mol. The minimum absolute atomic E-state index is 0.00496. The Bertz CT molecular complexity index is 429. The van der Waals surface area contributed by atoms with Gasteiger partial charge in [-0.25, -0.2) is 0 Å². The molecule has 7 heteroatoms. The van der Waals surface area contributed by atoms with Crippen LogP contribution in [-0.2, 0) is 9.53 Å². The molecule has 1 amide bonds. The lowest BCUT2D eigenvalue weighted by Crippen LogP contribution is -2.60. The fraction of sp³-hybridized carbons (Fsp3) is 0.889. The number of carbonyl (C=O) groups excluding carboxylic acids is 1. The zero-order valence-corrected chi connectivity index (χ0v) is 15.9. The highest BCUT2D eigenvalue weighted by atomic mass is 16.5. The van der Waals surface area contributed by atoms with E-state index >= 15 is 0 Å². The molecule has 2 aliphatic rings. The molecular formula is C18H35N5O2. The maximum Gasteiger partial charge on any atom is 0.239 e. The van der Waals surface area contributed by atoms with E-state index in [1.807, 2.05) is 6.92 Å². The standard InChI is InChI=1S/C18H35N5O2/c1-3-9-20-16(24)14-21-17(19-2)22-15-18(7-5-4-6-8-18)23-10-12-25-13-11-23/h3-15H2,1-2H3,(H,20,24)(H2,19,21,22). The van der Waals surface area contributed by atoms with Crippen LogP contribution in [0.4, 0.5) is 0 Å². The molecule has 1 saturated carbocycles. The molecule has 25 heavy (non-hydrogen) atoms. The van der Waals surface area contributed by atoms with Crippen molar-refractivity contribution in [3.63, 3.8) is 0 Å². The van der Waals surface area contributed by atoms with E-state index in [0.29, 0.717) is 12.5 Å². The zero-order chi connectivity index (χ0) is 18.0. The Kier molecular flexibility index (Phi) is 8.48. The van der Waals surface area contributed by atoms with Gasteiger partial charge in [-0.05, 0) is 19.3 Å². The fourth-order valence-electron chi connectivity index (χ4n) is 3.81. The number of amides is 1. The second-order valence-electron chi connectivity index (χ2n) is 7.01. The third-order valence-electron chi connectivity index (χ3n) is 5.26. The van der Waals surface area contributed by atoms with Gasteiger partial charge in [-0.1, -0.05) is 26.2 Å². The van der Waals surface area contributed by atoms with Crippen molar-refractivity contribution in [3.05, 3.63) is 0 Å². The van der Waals surface area contributed by atoms with Crippen LogP contribution in [0.5, 0.6) is 0 Å². The van der Waals surface area contributed by atoms with Crippen LogP contribution in [0.25, 0.3) is 0 Å². The van der Waals surface area contributed by atoms with Crippen molar-refractivity contribution < 1.29 is 9.53 Å². The first-order valence-electron chi connectivity index (χ1n) is 9.74. The normalized spacial score (nSPS) is 21.6. The quantitative estimate of drug-likeness (QED) is 0.464. The van der Waals surface area contributed by atoms with Crippen LogP contribution in [0.15, 0.2) is 4.99 Å². The summed E-state index contributed by atoms with van der Waals surface area (Å²) in [6.07, 6.45) is 7.27. The van der Waals surface area contributed by atoms with Crippen LogP contribution in [0.3, 0.4) is 0 Å². The molecule has 1 aliphatic carbocycles. The SMILES string of the molecule is CCCNC(=O)CNC(=NC)NCC1(N2CCOCC2)CCCCC1. The first kappa shape index (κ1) is 20.0. The van der Waals surface area contributed by atoms with Gasteiger partial charge in [0.2, 0.25) is 5.91 Å². The van der Waals surface area contributed by atoms with E-state index in [4.69, 9.17) is 4.74 Å². The van der Waals surface area contributed by atoms with E-state index in [0.717, 1.165) is 39.3 Å². The summed E-state index contributed by atoms with van der Waals surface area (Å²) < 4.78 is 5.54. The van der Waals surface area contributed by atoms with E-state index in [1.165, 1.54) is 32.1 Å². The fourth-order valence-corrected chi connectivity index (χ4v) is 3.81. The molecule has 1 aliphatic heterocycles. The summed E-state index contributed by atoms with van der Waals surface area (Å²) >= 11 is 0. The molecule has 1 heterocycles. The van der Waals surface area contributed by atoms with Crippen molar-refractivity contribution >= 4 is 11.9 Å². The highest BCUT2D eigenvalue weighted by Gasteiger charge is 2.38. The zero-order valence-electron chi connectivity index (χ0n) is 15.9. The summed E-state index contributed by atoms with van der Waals surface area (Å²) in [6, 6.07) is 0. The van der Waals surface area contributed by atoms with Crippen molar-refractivity contribution in [1.82, 2.24) is 20.9 Å². The number of hydrogen-bond donors (Lipinski definition) is 3. The molecule has 0 radical (unpaired) electrons. The van der Waals surface area contributed by atoms with Gasteiger partial charge in [0.25, 0.3) is 0 Å². The van der Waals surface area contributed by atoms with E-state index in [1.54, 1.807) is 7.05 Å². The number of guanidine groups is 1. The van der Waals surface area contributed by atoms with Crippen LogP contribution >= 0.6 is 0 Å². The van der Waals surface area contributed by atoms with Crippen molar-refractivity contribution in [3.8, 4) is 0 Å². The number of carbonyl (C=O) groups is 1. The Balaban J connectivity index is 1.86. The van der Waals surface area contributed by atoms with Gasteiger partial charge >= 0.3 is 0 Å². The topological polar surface area (TPSA) is 78.0 Å². The Morgan fingerprint density at radius 2 is 1.84 bits per heavy atom. The molecule has 2 rings (SSSR count). The second-order valence-corrected chi connectivity index (χ2v) is 7.01. The molecule has 7 nitrogen and oxygen atoms in total. The van der Waals surface area contributed by atoms with Crippen LogP contribution in [0.1, 0.15) is 45.4 Å². The number of nitrogens with zero attached hydrogens (tertiary/aromatic N) is 2. The molecule has 3 N–H and O–H groups in total. The van der Waals surface area contributed by atoms with E-state index < -0.39 is 0 Å². The number of nitrogens with one attached hydrogen (secondary N) is 3. The van der Waals surface area contributed by atoms with Gasteiger partial charge in [-0.15, -0.1) is 0 Å². The van der Waals surface area contributed by atoms with E-state index in [9.17, 15) is 4.79 Å². The second kappa shape index (κ2) is 10.6. The molecule has 0 aromatic rings. The van der Waals surface area contributed by atoms with Gasteiger partial charge in [0.1, 0.15) is 0 Å². The summed E-state index contributed by atoms with van der Waals surface area (Å²) in [4.78, 5) is 18.6. The largest absolute Gasteiger partial charge is 0.379 e. The predicted octanol–water partition coefficient (Wildman–Crippen LogP) is 0.713. The van der Waals surface area contributed by atoms with Crippen molar-refractivity contribution in [2.75, 3.05) is 53.0 Å². The van der Waals surface area contributed by atoms with Gasteiger partial charge in [-0.3, -0.25) is 14.7 Å². The maximum absolute atomic E-state index is 11.8. The number of aliphatic imine (C=N–C) groups is 1. The van der Waals surface area contributed by atoms with Crippen LogP contribution in [-0.4, -0.2) is 75.3 Å². The third kappa shape index (κ3) is 6.15. The Labute approximate surface area is 152 Å². The third-order valence-corrected chi connectivity index (χ3v) is 5.26. The molecular weight excluding hydrogens is 318 g/mol. The lowest BCUT2D eigenvalue weighted by atomic mass is 9.80. The number of rotatable bonds is 7. The molecule has 2 fully saturated rings. The van der Waals surface area contributed by atoms with Gasteiger partial charge in [-0.2, -0.15) is 0 Å². The molecule has 0 unspecified atom stereocenters. The Morgan fingerprint density at radius 3 is 2.48 bits per heavy atom. The minimum atomic E-state index is 0.00496. The first-order chi connectivity index (χ1) is 12.2. The lowest BCUT2D eigenvalue weighted by Gasteiger charge is -2.48. The molecule has 0 aromatic heterocycles. The van der Waals surface area contributed by atoms with Crippen LogP contribution < -0.4 is 16.0 Å². The average Bonchev–Trinajstić information content (AvgIpc) is 2.68. The summed E-state index contributed by atoms with van der Waals surface area (Å²) in [6.45, 7) is 7.54. The number of ether oxygens (including phenoxy) is 1. The van der Waals surface area contributed by atoms with Crippen LogP contribution in [0, 0.1) is 0 Å². The van der Waals surface area contributed by atoms with Gasteiger partial charge < -0.3 is 20.7 Å². The lowest BCUT2D eigenvalue weighted by molar-refractivity contribution is -0.120. The van der Waals surface area contributed by atoms with E-state index in [2.05, 4.69) is 25.8 Å². The predicted molar refractivity (Wildman–Crippen MR) is 101 cm³/mol. The first-order valence-corrected chi connectivity index (χ1v) is 9.74. The summed E-state index contributed by atoms with van der Waals surface area (Å²) in [7, 11) is 1.75. The van der Waals surface area contributed by atoms with Crippen molar-refractivity contribution in [2.45, 2.75) is 51.0 Å². The Morgan fingerprint density at radius 1 is 1.12 bits per heavy atom. The highest BCUT2D eigenvalue weighted by Crippen LogP contribution is 2.33. The smallest absolute Gasteiger partial charge is 0.239 e. The molecule has 0 spiro atoms. The summed E-state index contributed by atoms with van der Waals surface area (Å²) in [5.41, 5.74) is 0.185. The number of hydrogen-bond acceptors (Lipinski definition) is 4. The molecule has 0 atom stereocenters. The molecule has 0 bridgehead atoms. The number of morpholine rings is 1. The molecule has 144 valence electrons. The summed E-state index contributed by atoms with van der Waals surface area (Å²) in [5, 5.41) is 9.46. The van der Waals surface area contributed by atoms with Crippen molar-refractivity contribution in [1.29, 1.82) is 0 Å². The highest BCUT2D eigenvalue weighted by molar-refractivity contribution is 5.86. The Hall–Kier alpha value is -1.34. The van der Waals surface area contributed by atoms with Crippen LogP contribution in [0.2, 0.25) is 0 Å². The van der Waals surface area contributed by atoms with Gasteiger partial charge in [0.15, 0.2) is 5.96 Å². The maximum atomic E-state index is 11.8. The summed E-state index contributed by atoms with van der Waals surface area (Å²) in [5.74, 6) is 0.704.